The van der Waals surface area contributed by atoms with E-state index in [0.29, 0.717) is 0 Å². The Balaban J connectivity index is 2.20. The average Bonchev–Trinajstić information content (AvgIpc) is 2.44. The number of rotatable bonds is 0. The zero-order chi connectivity index (χ0) is 12.5. The highest BCUT2D eigenvalue weighted by molar-refractivity contribution is 5.85. The summed E-state index contributed by atoms with van der Waals surface area (Å²) < 4.78 is 0. The van der Waals surface area contributed by atoms with Gasteiger partial charge >= 0.3 is 0 Å². The van der Waals surface area contributed by atoms with Gasteiger partial charge in [0.05, 0.1) is 0 Å². The Morgan fingerprint density at radius 3 is 1.56 bits per heavy atom. The summed E-state index contributed by atoms with van der Waals surface area (Å²) in [5.74, 6) is 0. The van der Waals surface area contributed by atoms with Gasteiger partial charge in [0, 0.05) is 0 Å². The van der Waals surface area contributed by atoms with Gasteiger partial charge in [0.2, 0.25) is 0 Å². The number of allylic oxidation sites excluding steroid dienone is 4. The third-order valence-corrected chi connectivity index (χ3v) is 4.53. The van der Waals surface area contributed by atoms with Crippen LogP contribution in [-0.4, -0.2) is 0 Å². The molecule has 18 heavy (non-hydrogen) atoms. The van der Waals surface area contributed by atoms with E-state index in [2.05, 4.69) is 38.1 Å². The van der Waals surface area contributed by atoms with E-state index in [1.54, 1.807) is 22.3 Å². The number of benzene rings is 1. The Morgan fingerprint density at radius 2 is 1.17 bits per heavy atom. The third-order valence-electron chi connectivity index (χ3n) is 4.53. The van der Waals surface area contributed by atoms with Crippen molar-refractivity contribution in [1.82, 2.24) is 0 Å². The van der Waals surface area contributed by atoms with E-state index >= 15 is 0 Å². The molecule has 0 bridgehead atoms. The van der Waals surface area contributed by atoms with Crippen molar-refractivity contribution in [2.24, 2.45) is 0 Å². The molecule has 0 nitrogen and oxygen atoms in total. The van der Waals surface area contributed by atoms with Gasteiger partial charge in [-0.15, -0.1) is 0 Å². The number of fused-ring (bicyclic) bond motifs is 2. The van der Waals surface area contributed by atoms with E-state index < -0.39 is 0 Å². The topological polar surface area (TPSA) is 0 Å². The minimum atomic E-state index is 1.21. The second-order valence-electron chi connectivity index (χ2n) is 5.50. The molecule has 0 atom stereocenters. The van der Waals surface area contributed by atoms with Gasteiger partial charge in [-0.1, -0.05) is 24.3 Å². The van der Waals surface area contributed by atoms with Crippen LogP contribution in [0.3, 0.4) is 0 Å². The molecule has 2 aliphatic rings. The standard InChI is InChI=1S/C18H22/c1-3-13-9-10-14(4-2)18-12-16-8-6-5-7-15(16)11-17(13)18/h3-4,11-12H,5-10H2,1-2H3. The molecule has 0 aliphatic heterocycles. The van der Waals surface area contributed by atoms with Gasteiger partial charge in [-0.3, -0.25) is 0 Å². The zero-order valence-electron chi connectivity index (χ0n) is 11.6. The summed E-state index contributed by atoms with van der Waals surface area (Å²) >= 11 is 0. The highest BCUT2D eigenvalue weighted by Gasteiger charge is 2.20. The predicted molar refractivity (Wildman–Crippen MR) is 79.6 cm³/mol. The Morgan fingerprint density at radius 1 is 0.722 bits per heavy atom. The fraction of sp³-hybridized carbons (Fsp3) is 0.444. The Hall–Kier alpha value is -1.30. The lowest BCUT2D eigenvalue weighted by atomic mass is 9.79. The van der Waals surface area contributed by atoms with Crippen molar-refractivity contribution < 1.29 is 0 Å². The molecule has 94 valence electrons. The Bertz CT molecular complexity index is 480. The molecule has 0 fully saturated rings. The van der Waals surface area contributed by atoms with Crippen molar-refractivity contribution in [1.29, 1.82) is 0 Å². The van der Waals surface area contributed by atoms with Crippen molar-refractivity contribution in [3.05, 3.63) is 46.5 Å². The monoisotopic (exact) mass is 238 g/mol. The van der Waals surface area contributed by atoms with Gasteiger partial charge in [0.1, 0.15) is 0 Å². The molecule has 0 radical (unpaired) electrons. The maximum absolute atomic E-state index is 2.49. The van der Waals surface area contributed by atoms with Crippen LogP contribution in [0.2, 0.25) is 0 Å². The van der Waals surface area contributed by atoms with Crippen molar-refractivity contribution >= 4 is 11.1 Å². The molecule has 1 aromatic rings. The van der Waals surface area contributed by atoms with Crippen LogP contribution in [0.1, 0.15) is 61.8 Å². The van der Waals surface area contributed by atoms with Crippen molar-refractivity contribution in [2.75, 3.05) is 0 Å². The molecule has 0 saturated heterocycles. The maximum Gasteiger partial charge on any atom is -0.0149 e. The van der Waals surface area contributed by atoms with Crippen LogP contribution in [0.5, 0.6) is 0 Å². The minimum absolute atomic E-state index is 1.21. The fourth-order valence-corrected chi connectivity index (χ4v) is 3.46. The largest absolute Gasteiger partial charge is 0.0838 e. The first-order valence-electron chi connectivity index (χ1n) is 7.30. The second-order valence-corrected chi connectivity index (χ2v) is 5.50. The highest BCUT2D eigenvalue weighted by atomic mass is 14.2. The van der Waals surface area contributed by atoms with Gasteiger partial charge in [0.15, 0.2) is 0 Å². The summed E-state index contributed by atoms with van der Waals surface area (Å²) in [4.78, 5) is 0. The Kier molecular flexibility index (Phi) is 3.11. The summed E-state index contributed by atoms with van der Waals surface area (Å²) in [6, 6.07) is 4.98. The quantitative estimate of drug-likeness (QED) is 0.585. The van der Waals surface area contributed by atoms with Crippen LogP contribution in [0.4, 0.5) is 0 Å². The molecule has 3 rings (SSSR count). The molecule has 0 heteroatoms. The zero-order valence-corrected chi connectivity index (χ0v) is 11.6. The van der Waals surface area contributed by atoms with Crippen LogP contribution >= 0.6 is 0 Å². The van der Waals surface area contributed by atoms with Crippen LogP contribution in [0, 0.1) is 0 Å². The van der Waals surface area contributed by atoms with Crippen LogP contribution in [0.15, 0.2) is 24.3 Å². The fourth-order valence-electron chi connectivity index (χ4n) is 3.46. The lowest BCUT2D eigenvalue weighted by Crippen LogP contribution is -2.08. The second kappa shape index (κ2) is 4.76. The van der Waals surface area contributed by atoms with E-state index in [4.69, 9.17) is 0 Å². The van der Waals surface area contributed by atoms with Crippen molar-refractivity contribution in [2.45, 2.75) is 52.4 Å². The molecule has 0 N–H and O–H groups in total. The lowest BCUT2D eigenvalue weighted by Gasteiger charge is -2.26. The molecule has 0 aromatic heterocycles. The molecule has 0 unspecified atom stereocenters. The SMILES string of the molecule is CC=C1CCC(=CC)c2cc3c(cc21)CCCC3. The van der Waals surface area contributed by atoms with Crippen LogP contribution < -0.4 is 0 Å². The van der Waals surface area contributed by atoms with Gasteiger partial charge < -0.3 is 0 Å². The van der Waals surface area contributed by atoms with Crippen LogP contribution in [-0.2, 0) is 12.8 Å². The molecule has 0 saturated carbocycles. The van der Waals surface area contributed by atoms with E-state index in [9.17, 15) is 0 Å². The number of hydrogen-bond acceptors (Lipinski definition) is 0. The molecular weight excluding hydrogens is 216 g/mol. The van der Waals surface area contributed by atoms with E-state index in [-0.39, 0.29) is 0 Å². The Labute approximate surface area is 110 Å². The summed E-state index contributed by atoms with van der Waals surface area (Å²) in [6.45, 7) is 4.36. The molecular formula is C18H22. The molecule has 0 heterocycles. The number of hydrogen-bond donors (Lipinski definition) is 0. The first kappa shape index (κ1) is 11.8. The lowest BCUT2D eigenvalue weighted by molar-refractivity contribution is 0.684. The van der Waals surface area contributed by atoms with E-state index in [1.807, 2.05) is 0 Å². The predicted octanol–water partition coefficient (Wildman–Crippen LogP) is 5.17. The van der Waals surface area contributed by atoms with Gasteiger partial charge in [-0.25, -0.2) is 0 Å². The molecule has 0 spiro atoms. The molecule has 0 amide bonds. The van der Waals surface area contributed by atoms with Crippen molar-refractivity contribution in [3.8, 4) is 0 Å². The van der Waals surface area contributed by atoms with Gasteiger partial charge in [-0.05, 0) is 85.8 Å². The first-order chi connectivity index (χ1) is 8.83. The van der Waals surface area contributed by atoms with E-state index in [0.717, 1.165) is 0 Å². The smallest absolute Gasteiger partial charge is 0.0149 e. The van der Waals surface area contributed by atoms with Crippen molar-refractivity contribution in [3.63, 3.8) is 0 Å². The minimum Gasteiger partial charge on any atom is -0.0838 e. The molecule has 2 aliphatic carbocycles. The summed E-state index contributed by atoms with van der Waals surface area (Å²) in [5.41, 5.74) is 9.33. The summed E-state index contributed by atoms with van der Waals surface area (Å²) in [7, 11) is 0. The average molecular weight is 238 g/mol. The normalized spacial score (nSPS) is 23.0. The van der Waals surface area contributed by atoms with E-state index in [1.165, 1.54) is 49.7 Å². The summed E-state index contributed by atoms with van der Waals surface area (Å²) in [5, 5.41) is 0. The van der Waals surface area contributed by atoms with Gasteiger partial charge in [-0.2, -0.15) is 0 Å². The highest BCUT2D eigenvalue weighted by Crippen LogP contribution is 2.40. The third kappa shape index (κ3) is 1.84. The van der Waals surface area contributed by atoms with Gasteiger partial charge in [0.25, 0.3) is 0 Å². The summed E-state index contributed by atoms with van der Waals surface area (Å²) in [6.07, 6.45) is 12.3. The first-order valence-corrected chi connectivity index (χ1v) is 7.30. The maximum atomic E-state index is 2.49. The number of aryl methyl sites for hydroxylation is 2. The van der Waals surface area contributed by atoms with Crippen LogP contribution in [0.25, 0.3) is 11.1 Å². The molecule has 1 aromatic carbocycles.